The van der Waals surface area contributed by atoms with Gasteiger partial charge in [0.15, 0.2) is 0 Å². The van der Waals surface area contributed by atoms with Crippen LogP contribution in [-0.2, 0) is 14.4 Å². The Hall–Kier alpha value is -1.59. The van der Waals surface area contributed by atoms with Crippen LogP contribution in [0.1, 0.15) is 34.6 Å². The van der Waals surface area contributed by atoms with E-state index in [4.69, 9.17) is 5.73 Å². The summed E-state index contributed by atoms with van der Waals surface area (Å²) in [6.45, 7) is 8.55. The first kappa shape index (κ1) is 16.4. The fourth-order valence-electron chi connectivity index (χ4n) is 1.56. The molecule has 6 nitrogen and oxygen atoms in total. The summed E-state index contributed by atoms with van der Waals surface area (Å²) in [4.78, 5) is 34.3. The second kappa shape index (κ2) is 6.98. The zero-order valence-corrected chi connectivity index (χ0v) is 11.6. The number of nitrogens with two attached hydrogens (primary N) is 1. The predicted octanol–water partition coefficient (Wildman–Crippen LogP) is -0.227. The van der Waals surface area contributed by atoms with E-state index in [1.165, 1.54) is 6.92 Å². The molecule has 0 aliphatic rings. The first-order chi connectivity index (χ1) is 8.16. The van der Waals surface area contributed by atoms with Gasteiger partial charge < -0.3 is 16.4 Å². The maximum absolute atomic E-state index is 12.0. The third kappa shape index (κ3) is 5.16. The van der Waals surface area contributed by atoms with Crippen LogP contribution >= 0.6 is 0 Å². The highest BCUT2D eigenvalue weighted by atomic mass is 16.2. The van der Waals surface area contributed by atoms with Gasteiger partial charge in [0.25, 0.3) is 0 Å². The van der Waals surface area contributed by atoms with Gasteiger partial charge in [0, 0.05) is 6.92 Å². The zero-order chi connectivity index (χ0) is 14.5. The maximum atomic E-state index is 12.0. The van der Waals surface area contributed by atoms with Crippen molar-refractivity contribution in [3.05, 3.63) is 0 Å². The van der Waals surface area contributed by atoms with Gasteiger partial charge in [0.1, 0.15) is 12.1 Å². The lowest BCUT2D eigenvalue weighted by molar-refractivity contribution is -0.132. The first-order valence-corrected chi connectivity index (χ1v) is 6.03. The number of nitrogens with one attached hydrogen (secondary N) is 2. The molecule has 0 saturated carbocycles. The van der Waals surface area contributed by atoms with Crippen molar-refractivity contribution >= 4 is 17.7 Å². The third-order valence-corrected chi connectivity index (χ3v) is 2.58. The van der Waals surface area contributed by atoms with Gasteiger partial charge in [0.05, 0.1) is 0 Å². The number of primary amides is 1. The molecule has 6 heteroatoms. The molecule has 0 unspecified atom stereocenters. The van der Waals surface area contributed by atoms with E-state index < -0.39 is 23.9 Å². The predicted molar refractivity (Wildman–Crippen MR) is 68.4 cm³/mol. The molecule has 0 bridgehead atoms. The van der Waals surface area contributed by atoms with E-state index in [0.29, 0.717) is 0 Å². The monoisotopic (exact) mass is 257 g/mol. The maximum Gasteiger partial charge on any atom is 0.243 e. The Kier molecular flexibility index (Phi) is 6.36. The molecule has 0 fully saturated rings. The number of hydrogen-bond donors (Lipinski definition) is 3. The standard InChI is InChI=1S/C12H23N3O3/c1-6(2)9(11(13)17)15-12(18)10(7(3)4)14-8(5)16/h6-7,9-10H,1-5H3,(H2,13,17)(H,14,16)(H,15,18)/t9-,10+/m0/s1. The zero-order valence-electron chi connectivity index (χ0n) is 11.6. The molecule has 0 heterocycles. The van der Waals surface area contributed by atoms with Gasteiger partial charge in [-0.25, -0.2) is 0 Å². The average molecular weight is 257 g/mol. The first-order valence-electron chi connectivity index (χ1n) is 6.03. The normalized spacial score (nSPS) is 14.2. The Morgan fingerprint density at radius 3 is 1.61 bits per heavy atom. The molecule has 18 heavy (non-hydrogen) atoms. The van der Waals surface area contributed by atoms with Crippen LogP contribution in [0.2, 0.25) is 0 Å². The van der Waals surface area contributed by atoms with E-state index >= 15 is 0 Å². The summed E-state index contributed by atoms with van der Waals surface area (Å²) in [5.41, 5.74) is 5.22. The number of rotatable bonds is 6. The molecule has 0 rings (SSSR count). The van der Waals surface area contributed by atoms with Crippen LogP contribution in [0, 0.1) is 11.8 Å². The largest absolute Gasteiger partial charge is 0.368 e. The minimum atomic E-state index is -0.729. The lowest BCUT2D eigenvalue weighted by Gasteiger charge is -2.25. The minimum Gasteiger partial charge on any atom is -0.368 e. The lowest BCUT2D eigenvalue weighted by atomic mass is 10.00. The average Bonchev–Trinajstić information content (AvgIpc) is 2.20. The molecule has 3 amide bonds. The van der Waals surface area contributed by atoms with Crippen molar-refractivity contribution in [1.82, 2.24) is 10.6 Å². The van der Waals surface area contributed by atoms with Gasteiger partial charge in [0.2, 0.25) is 17.7 Å². The molecule has 0 aromatic heterocycles. The van der Waals surface area contributed by atoms with E-state index in [9.17, 15) is 14.4 Å². The van der Waals surface area contributed by atoms with Crippen molar-refractivity contribution in [3.63, 3.8) is 0 Å². The number of carbonyl (C=O) groups is 3. The molecule has 0 aliphatic heterocycles. The Balaban J connectivity index is 4.77. The van der Waals surface area contributed by atoms with Crippen molar-refractivity contribution in [1.29, 1.82) is 0 Å². The Bertz CT molecular complexity index is 327. The van der Waals surface area contributed by atoms with Crippen LogP contribution in [0.15, 0.2) is 0 Å². The van der Waals surface area contributed by atoms with Crippen LogP contribution in [0.5, 0.6) is 0 Å². The Morgan fingerprint density at radius 2 is 1.33 bits per heavy atom. The van der Waals surface area contributed by atoms with Gasteiger partial charge in [-0.05, 0) is 11.8 Å². The summed E-state index contributed by atoms with van der Waals surface area (Å²) in [5, 5.41) is 5.13. The summed E-state index contributed by atoms with van der Waals surface area (Å²) >= 11 is 0. The van der Waals surface area contributed by atoms with Gasteiger partial charge in [-0.2, -0.15) is 0 Å². The van der Waals surface area contributed by atoms with Crippen LogP contribution in [0.25, 0.3) is 0 Å². The van der Waals surface area contributed by atoms with Gasteiger partial charge in [-0.3, -0.25) is 14.4 Å². The molecule has 0 aromatic rings. The van der Waals surface area contributed by atoms with Crippen molar-refractivity contribution in [2.24, 2.45) is 17.6 Å². The highest BCUT2D eigenvalue weighted by Crippen LogP contribution is 2.05. The van der Waals surface area contributed by atoms with Gasteiger partial charge in [-0.1, -0.05) is 27.7 Å². The Morgan fingerprint density at radius 1 is 0.889 bits per heavy atom. The topological polar surface area (TPSA) is 101 Å². The lowest BCUT2D eigenvalue weighted by Crippen LogP contribution is -2.55. The van der Waals surface area contributed by atoms with Crippen molar-refractivity contribution in [2.45, 2.75) is 46.7 Å². The fourth-order valence-corrected chi connectivity index (χ4v) is 1.56. The fraction of sp³-hybridized carbons (Fsp3) is 0.750. The smallest absolute Gasteiger partial charge is 0.243 e. The second-order valence-electron chi connectivity index (χ2n) is 5.05. The number of amides is 3. The SMILES string of the molecule is CC(=O)N[C@@H](C(=O)N[C@H](C(N)=O)C(C)C)C(C)C. The van der Waals surface area contributed by atoms with Crippen LogP contribution in [0.3, 0.4) is 0 Å². The van der Waals surface area contributed by atoms with E-state index in [0.717, 1.165) is 0 Å². The van der Waals surface area contributed by atoms with Crippen LogP contribution < -0.4 is 16.4 Å². The van der Waals surface area contributed by atoms with Gasteiger partial charge >= 0.3 is 0 Å². The third-order valence-electron chi connectivity index (χ3n) is 2.58. The van der Waals surface area contributed by atoms with E-state index in [2.05, 4.69) is 10.6 Å². The molecule has 0 aromatic carbocycles. The molecular weight excluding hydrogens is 234 g/mol. The number of hydrogen-bond acceptors (Lipinski definition) is 3. The van der Waals surface area contributed by atoms with E-state index in [1.807, 2.05) is 13.8 Å². The highest BCUT2D eigenvalue weighted by molar-refractivity contribution is 5.91. The summed E-state index contributed by atoms with van der Waals surface area (Å²) in [6.07, 6.45) is 0. The molecule has 2 atom stereocenters. The molecule has 0 radical (unpaired) electrons. The molecule has 104 valence electrons. The summed E-state index contributed by atoms with van der Waals surface area (Å²) in [7, 11) is 0. The van der Waals surface area contributed by atoms with Crippen LogP contribution in [0.4, 0.5) is 0 Å². The summed E-state index contributed by atoms with van der Waals surface area (Å²) in [6, 6.07) is -1.39. The van der Waals surface area contributed by atoms with Crippen molar-refractivity contribution in [2.75, 3.05) is 0 Å². The van der Waals surface area contributed by atoms with Crippen molar-refractivity contribution in [3.8, 4) is 0 Å². The summed E-state index contributed by atoms with van der Waals surface area (Å²) in [5.74, 6) is -1.43. The molecule has 0 aliphatic carbocycles. The Labute approximate surface area is 108 Å². The quantitative estimate of drug-likeness (QED) is 0.612. The second-order valence-corrected chi connectivity index (χ2v) is 5.05. The number of carbonyl (C=O) groups excluding carboxylic acids is 3. The molecular formula is C12H23N3O3. The van der Waals surface area contributed by atoms with Gasteiger partial charge in [-0.15, -0.1) is 0 Å². The van der Waals surface area contributed by atoms with Crippen molar-refractivity contribution < 1.29 is 14.4 Å². The highest BCUT2D eigenvalue weighted by Gasteiger charge is 2.28. The molecule has 4 N–H and O–H groups in total. The minimum absolute atomic E-state index is 0.0745. The van der Waals surface area contributed by atoms with Crippen LogP contribution in [-0.4, -0.2) is 29.8 Å². The van der Waals surface area contributed by atoms with E-state index in [-0.39, 0.29) is 17.7 Å². The molecule has 0 spiro atoms. The summed E-state index contributed by atoms with van der Waals surface area (Å²) < 4.78 is 0. The molecule has 0 saturated heterocycles. The van der Waals surface area contributed by atoms with E-state index in [1.54, 1.807) is 13.8 Å².